The Morgan fingerprint density at radius 3 is 2.36 bits per heavy atom. The Kier molecular flexibility index (Phi) is 1.67. The number of cyclic esters (lactones) is 2. The molecule has 0 spiro atoms. The van der Waals surface area contributed by atoms with Crippen LogP contribution in [0.1, 0.15) is 6.92 Å². The van der Waals surface area contributed by atoms with Gasteiger partial charge in [0.15, 0.2) is 13.2 Å². The fraction of sp³-hybridized carbons (Fsp3) is 0.800. The minimum Gasteiger partial charge on any atom is -0.426 e. The summed E-state index contributed by atoms with van der Waals surface area (Å²) in [6, 6.07) is 0. The van der Waals surface area contributed by atoms with E-state index < -0.39 is 16.6 Å². The van der Waals surface area contributed by atoms with Crippen molar-refractivity contribution in [1.82, 2.24) is 0 Å². The van der Waals surface area contributed by atoms with Crippen LogP contribution in [0.25, 0.3) is 0 Å². The molecule has 0 unspecified atom stereocenters. The van der Waals surface area contributed by atoms with E-state index in [0.717, 1.165) is 0 Å². The number of nitrogens with zero attached hydrogens (tertiary/aromatic N) is 1. The molecule has 1 saturated heterocycles. The van der Waals surface area contributed by atoms with Gasteiger partial charge in [-0.3, -0.25) is 10.1 Å². The Balaban J connectivity index is 2.62. The molecule has 1 aliphatic heterocycles. The number of ether oxygens (including phenoxy) is 2. The van der Waals surface area contributed by atoms with E-state index in [-0.39, 0.29) is 13.2 Å². The number of carbonyl (C=O) groups excluding carboxylic acids is 1. The summed E-state index contributed by atoms with van der Waals surface area (Å²) in [4.78, 5) is 20.1. The lowest BCUT2D eigenvalue weighted by atomic mass is 10.1. The van der Waals surface area contributed by atoms with Crippen LogP contribution in [0.4, 0.5) is 4.79 Å². The average molecular weight is 161 g/mol. The zero-order valence-electron chi connectivity index (χ0n) is 5.90. The second-order valence-electron chi connectivity index (χ2n) is 2.58. The van der Waals surface area contributed by atoms with Crippen molar-refractivity contribution in [3.05, 3.63) is 10.1 Å². The lowest BCUT2D eigenvalue weighted by Crippen LogP contribution is -2.49. The van der Waals surface area contributed by atoms with Crippen LogP contribution in [0.3, 0.4) is 0 Å². The molecule has 62 valence electrons. The Bertz CT molecular complexity index is 191. The molecule has 0 amide bonds. The predicted molar refractivity (Wildman–Crippen MR) is 32.7 cm³/mol. The molecular formula is C5H7NO5. The largest absolute Gasteiger partial charge is 0.508 e. The zero-order chi connectivity index (χ0) is 8.48. The van der Waals surface area contributed by atoms with E-state index in [1.54, 1.807) is 0 Å². The van der Waals surface area contributed by atoms with E-state index in [1.807, 2.05) is 0 Å². The van der Waals surface area contributed by atoms with Crippen molar-refractivity contribution in [3.8, 4) is 0 Å². The Hall–Kier alpha value is -1.33. The summed E-state index contributed by atoms with van der Waals surface area (Å²) in [6.07, 6.45) is -0.843. The highest BCUT2D eigenvalue weighted by molar-refractivity contribution is 5.60. The first-order valence-corrected chi connectivity index (χ1v) is 2.99. The van der Waals surface area contributed by atoms with Crippen molar-refractivity contribution in [1.29, 1.82) is 0 Å². The van der Waals surface area contributed by atoms with Crippen LogP contribution in [0.2, 0.25) is 0 Å². The van der Waals surface area contributed by atoms with E-state index >= 15 is 0 Å². The zero-order valence-corrected chi connectivity index (χ0v) is 5.90. The summed E-state index contributed by atoms with van der Waals surface area (Å²) >= 11 is 0. The highest BCUT2D eigenvalue weighted by Crippen LogP contribution is 2.15. The summed E-state index contributed by atoms with van der Waals surface area (Å²) in [5, 5.41) is 10.3. The second kappa shape index (κ2) is 2.37. The standard InChI is InChI=1S/C5H7NO5/c1-5(6(8)9)2-10-4(7)11-3-5/h2-3H2,1H3. The smallest absolute Gasteiger partial charge is 0.426 e. The third kappa shape index (κ3) is 1.39. The molecule has 0 atom stereocenters. The molecule has 11 heavy (non-hydrogen) atoms. The van der Waals surface area contributed by atoms with Gasteiger partial charge >= 0.3 is 6.16 Å². The number of nitro groups is 1. The van der Waals surface area contributed by atoms with E-state index in [9.17, 15) is 14.9 Å². The number of rotatable bonds is 1. The molecule has 0 saturated carbocycles. The highest BCUT2D eigenvalue weighted by Gasteiger charge is 2.44. The van der Waals surface area contributed by atoms with Gasteiger partial charge in [0.2, 0.25) is 0 Å². The van der Waals surface area contributed by atoms with Gasteiger partial charge in [0.25, 0.3) is 5.54 Å². The molecule has 6 nitrogen and oxygen atoms in total. The maximum absolute atomic E-state index is 10.3. The van der Waals surface area contributed by atoms with Gasteiger partial charge in [0.1, 0.15) is 0 Å². The summed E-state index contributed by atoms with van der Waals surface area (Å²) in [6.45, 7) is 0.914. The molecule has 1 fully saturated rings. The van der Waals surface area contributed by atoms with Crippen LogP contribution in [0, 0.1) is 10.1 Å². The SMILES string of the molecule is CC1([N+](=O)[O-])COC(=O)OC1. The second-order valence-corrected chi connectivity index (χ2v) is 2.58. The number of hydrogen-bond donors (Lipinski definition) is 0. The maximum atomic E-state index is 10.3. The van der Waals surface area contributed by atoms with Gasteiger partial charge in [-0.25, -0.2) is 4.79 Å². The van der Waals surface area contributed by atoms with Gasteiger partial charge in [-0.05, 0) is 0 Å². The third-order valence-electron chi connectivity index (χ3n) is 1.44. The average Bonchev–Trinajstić information content (AvgIpc) is 1.95. The minimum atomic E-state index is -1.28. The molecule has 0 aliphatic carbocycles. The van der Waals surface area contributed by atoms with Gasteiger partial charge in [-0.1, -0.05) is 0 Å². The van der Waals surface area contributed by atoms with Gasteiger partial charge in [-0.15, -0.1) is 0 Å². The van der Waals surface area contributed by atoms with Crippen LogP contribution in [-0.4, -0.2) is 29.8 Å². The normalized spacial score (nSPS) is 21.7. The lowest BCUT2D eigenvalue weighted by Gasteiger charge is -2.23. The topological polar surface area (TPSA) is 78.7 Å². The van der Waals surface area contributed by atoms with E-state index in [0.29, 0.717) is 0 Å². The Morgan fingerprint density at radius 1 is 1.55 bits per heavy atom. The molecule has 0 aromatic rings. The molecule has 0 aromatic heterocycles. The molecule has 1 heterocycles. The first kappa shape index (κ1) is 7.77. The van der Waals surface area contributed by atoms with E-state index in [2.05, 4.69) is 9.47 Å². The Labute approximate surface area is 62.2 Å². The number of hydrogen-bond acceptors (Lipinski definition) is 5. The van der Waals surface area contributed by atoms with Crippen LogP contribution < -0.4 is 0 Å². The molecule has 0 bridgehead atoms. The van der Waals surface area contributed by atoms with Crippen molar-refractivity contribution in [2.24, 2.45) is 0 Å². The first-order chi connectivity index (χ1) is 5.04. The summed E-state index contributed by atoms with van der Waals surface area (Å²) < 4.78 is 8.70. The Morgan fingerprint density at radius 2 is 2.00 bits per heavy atom. The lowest BCUT2D eigenvalue weighted by molar-refractivity contribution is -0.575. The summed E-state index contributed by atoms with van der Waals surface area (Å²) in [7, 11) is 0. The van der Waals surface area contributed by atoms with Gasteiger partial charge in [0.05, 0.1) is 0 Å². The monoisotopic (exact) mass is 161 g/mol. The van der Waals surface area contributed by atoms with Crippen molar-refractivity contribution in [2.75, 3.05) is 13.2 Å². The van der Waals surface area contributed by atoms with Crippen LogP contribution in [0.5, 0.6) is 0 Å². The maximum Gasteiger partial charge on any atom is 0.508 e. The van der Waals surface area contributed by atoms with Gasteiger partial charge in [0, 0.05) is 11.8 Å². The summed E-state index contributed by atoms with van der Waals surface area (Å²) in [5.41, 5.74) is -1.28. The number of carbonyl (C=O) groups is 1. The molecule has 1 rings (SSSR count). The van der Waals surface area contributed by atoms with Crippen LogP contribution in [0.15, 0.2) is 0 Å². The third-order valence-corrected chi connectivity index (χ3v) is 1.44. The van der Waals surface area contributed by atoms with Gasteiger partial charge < -0.3 is 9.47 Å². The van der Waals surface area contributed by atoms with Gasteiger partial charge in [-0.2, -0.15) is 0 Å². The van der Waals surface area contributed by atoms with E-state index in [4.69, 9.17) is 0 Å². The predicted octanol–water partition coefficient (Wildman–Crippen LogP) is 0.189. The minimum absolute atomic E-state index is 0.223. The van der Waals surface area contributed by atoms with Crippen molar-refractivity contribution >= 4 is 6.16 Å². The van der Waals surface area contributed by atoms with Crippen LogP contribution in [-0.2, 0) is 9.47 Å². The molecule has 6 heteroatoms. The summed E-state index contributed by atoms with van der Waals surface area (Å²) in [5.74, 6) is 0. The fourth-order valence-corrected chi connectivity index (χ4v) is 0.618. The van der Waals surface area contributed by atoms with Crippen molar-refractivity contribution in [3.63, 3.8) is 0 Å². The molecule has 1 aliphatic rings. The molecular weight excluding hydrogens is 154 g/mol. The van der Waals surface area contributed by atoms with Crippen LogP contribution >= 0.6 is 0 Å². The first-order valence-electron chi connectivity index (χ1n) is 2.99. The van der Waals surface area contributed by atoms with Crippen molar-refractivity contribution < 1.29 is 19.2 Å². The fourth-order valence-electron chi connectivity index (χ4n) is 0.618. The van der Waals surface area contributed by atoms with E-state index in [1.165, 1.54) is 6.92 Å². The quantitative estimate of drug-likeness (QED) is 0.311. The molecule has 0 radical (unpaired) electrons. The molecule has 0 N–H and O–H groups in total. The highest BCUT2D eigenvalue weighted by atomic mass is 16.7. The van der Waals surface area contributed by atoms with Crippen molar-refractivity contribution in [2.45, 2.75) is 12.5 Å². The molecule has 0 aromatic carbocycles.